The van der Waals surface area contributed by atoms with Crippen LogP contribution in [0.25, 0.3) is 0 Å². The van der Waals surface area contributed by atoms with Gasteiger partial charge in [-0.25, -0.2) is 0 Å². The number of rotatable bonds is 4. The highest BCUT2D eigenvalue weighted by Crippen LogP contribution is 2.42. The van der Waals surface area contributed by atoms with E-state index in [0.717, 1.165) is 32.0 Å². The average Bonchev–Trinajstić information content (AvgIpc) is 3.14. The van der Waals surface area contributed by atoms with Crippen molar-refractivity contribution in [2.75, 3.05) is 0 Å². The maximum absolute atomic E-state index is 3.64. The molecule has 2 aromatic rings. The Morgan fingerprint density at radius 3 is 1.80 bits per heavy atom. The molecule has 0 aromatic heterocycles. The van der Waals surface area contributed by atoms with Crippen LogP contribution >= 0.6 is 79.6 Å². The molecule has 0 unspecified atom stereocenters. The molecule has 0 bridgehead atoms. The molecule has 30 heavy (non-hydrogen) atoms. The Morgan fingerprint density at radius 1 is 0.733 bits per heavy atom. The first-order valence-corrected chi connectivity index (χ1v) is 15.2. The van der Waals surface area contributed by atoms with E-state index >= 15 is 0 Å². The van der Waals surface area contributed by atoms with Crippen LogP contribution in [0.3, 0.4) is 0 Å². The summed E-state index contributed by atoms with van der Waals surface area (Å²) in [6.07, 6.45) is 11.4. The Hall–Kier alpha value is 0.840. The molecular formula is C25H29Br5. The van der Waals surface area contributed by atoms with Crippen LogP contribution in [0, 0.1) is 17.8 Å². The Morgan fingerprint density at radius 2 is 1.30 bits per heavy atom. The molecule has 2 aromatic carbocycles. The molecule has 0 aliphatic heterocycles. The van der Waals surface area contributed by atoms with Gasteiger partial charge in [0.1, 0.15) is 0 Å². The Kier molecular flexibility index (Phi) is 10.5. The van der Waals surface area contributed by atoms with E-state index in [4.69, 9.17) is 0 Å². The van der Waals surface area contributed by atoms with E-state index in [2.05, 4.69) is 111 Å². The van der Waals surface area contributed by atoms with Gasteiger partial charge in [0.25, 0.3) is 0 Å². The zero-order valence-corrected chi connectivity index (χ0v) is 25.3. The van der Waals surface area contributed by atoms with E-state index < -0.39 is 0 Å². The summed E-state index contributed by atoms with van der Waals surface area (Å²) in [4.78, 5) is 0. The van der Waals surface area contributed by atoms with Crippen LogP contribution in [0.15, 0.2) is 48.2 Å². The SMILES string of the molecule is BrCc1ccc(Br)c(Br)c1.CCCC1CCC(C2Cc3cc(Br)c(Br)cc3C2)CC1. The molecule has 0 saturated heterocycles. The van der Waals surface area contributed by atoms with E-state index in [1.54, 1.807) is 11.1 Å². The van der Waals surface area contributed by atoms with Gasteiger partial charge in [-0.3, -0.25) is 0 Å². The predicted molar refractivity (Wildman–Crippen MR) is 148 cm³/mol. The van der Waals surface area contributed by atoms with Gasteiger partial charge >= 0.3 is 0 Å². The van der Waals surface area contributed by atoms with Crippen molar-refractivity contribution in [2.24, 2.45) is 17.8 Å². The standard InChI is InChI=1S/C18H24Br2.C7H5Br3/c1-2-3-12-4-6-13(7-5-12)14-8-15-10-17(19)18(20)11-16(15)9-14;8-4-5-1-2-6(9)7(10)3-5/h10-14H,2-9H2,1H3;1-3H,4H2. The van der Waals surface area contributed by atoms with Crippen molar-refractivity contribution in [2.45, 2.75) is 63.6 Å². The molecule has 0 radical (unpaired) electrons. The molecule has 5 heteroatoms. The zero-order chi connectivity index (χ0) is 21.7. The van der Waals surface area contributed by atoms with Gasteiger partial charge in [0, 0.05) is 23.2 Å². The third kappa shape index (κ3) is 6.92. The monoisotopic (exact) mass is 724 g/mol. The van der Waals surface area contributed by atoms with Crippen molar-refractivity contribution in [1.29, 1.82) is 0 Å². The van der Waals surface area contributed by atoms with Crippen LogP contribution in [0.1, 0.15) is 62.1 Å². The van der Waals surface area contributed by atoms with Gasteiger partial charge < -0.3 is 0 Å². The van der Waals surface area contributed by atoms with Crippen LogP contribution in [0.5, 0.6) is 0 Å². The molecule has 1 fully saturated rings. The van der Waals surface area contributed by atoms with E-state index in [0.29, 0.717) is 0 Å². The fraction of sp³-hybridized carbons (Fsp3) is 0.520. The molecule has 4 rings (SSSR count). The van der Waals surface area contributed by atoms with Crippen molar-refractivity contribution in [1.82, 2.24) is 0 Å². The number of fused-ring (bicyclic) bond motifs is 1. The van der Waals surface area contributed by atoms with Crippen LogP contribution in [-0.4, -0.2) is 0 Å². The number of hydrogen-bond acceptors (Lipinski definition) is 0. The summed E-state index contributed by atoms with van der Waals surface area (Å²) in [5.41, 5.74) is 4.44. The molecular weight excluding hydrogens is 700 g/mol. The number of benzene rings is 2. The zero-order valence-electron chi connectivity index (χ0n) is 17.4. The maximum atomic E-state index is 3.64. The smallest absolute Gasteiger partial charge is 0.0320 e. The lowest BCUT2D eigenvalue weighted by Gasteiger charge is -2.32. The highest BCUT2D eigenvalue weighted by molar-refractivity contribution is 9.13. The van der Waals surface area contributed by atoms with Gasteiger partial charge in [0.15, 0.2) is 0 Å². The van der Waals surface area contributed by atoms with Crippen LogP contribution in [-0.2, 0) is 18.2 Å². The topological polar surface area (TPSA) is 0 Å². The van der Waals surface area contributed by atoms with E-state index in [1.165, 1.54) is 65.9 Å². The highest BCUT2D eigenvalue weighted by atomic mass is 79.9. The molecule has 0 N–H and O–H groups in total. The minimum atomic E-state index is 0.902. The summed E-state index contributed by atoms with van der Waals surface area (Å²) < 4.78 is 4.62. The Balaban J connectivity index is 0.000000216. The second-order valence-electron chi connectivity index (χ2n) is 8.65. The molecule has 164 valence electrons. The summed E-state index contributed by atoms with van der Waals surface area (Å²) in [6.45, 7) is 2.33. The number of hydrogen-bond donors (Lipinski definition) is 0. The second kappa shape index (κ2) is 12.3. The van der Waals surface area contributed by atoms with Gasteiger partial charge in [0.05, 0.1) is 0 Å². The van der Waals surface area contributed by atoms with Crippen molar-refractivity contribution < 1.29 is 0 Å². The number of halogens is 5. The molecule has 2 aliphatic carbocycles. The minimum Gasteiger partial charge on any atom is -0.0876 e. The first-order valence-electron chi connectivity index (χ1n) is 10.9. The third-order valence-electron chi connectivity index (χ3n) is 6.60. The largest absolute Gasteiger partial charge is 0.0876 e. The predicted octanol–water partition coefficient (Wildman–Crippen LogP) is 10.6. The molecule has 0 spiro atoms. The fourth-order valence-corrected chi connectivity index (χ4v) is 6.76. The van der Waals surface area contributed by atoms with Gasteiger partial charge in [-0.05, 0) is 148 Å². The van der Waals surface area contributed by atoms with Crippen LogP contribution < -0.4 is 0 Å². The lowest BCUT2D eigenvalue weighted by atomic mass is 9.74. The van der Waals surface area contributed by atoms with Crippen molar-refractivity contribution in [3.63, 3.8) is 0 Å². The molecule has 0 atom stereocenters. The second-order valence-corrected chi connectivity index (χ2v) is 12.6. The summed E-state index contributed by atoms with van der Waals surface area (Å²) in [6, 6.07) is 10.9. The maximum Gasteiger partial charge on any atom is 0.0320 e. The Labute approximate surface area is 224 Å². The minimum absolute atomic E-state index is 0.902. The molecule has 0 heterocycles. The summed E-state index contributed by atoms with van der Waals surface area (Å²) in [5, 5.41) is 0.902. The highest BCUT2D eigenvalue weighted by Gasteiger charge is 2.32. The fourth-order valence-electron chi connectivity index (χ4n) is 4.96. The molecule has 1 saturated carbocycles. The summed E-state index contributed by atoms with van der Waals surface area (Å²) in [7, 11) is 0. The lowest BCUT2D eigenvalue weighted by Crippen LogP contribution is -2.22. The third-order valence-corrected chi connectivity index (χ3v) is 11.0. The van der Waals surface area contributed by atoms with Gasteiger partial charge in [-0.1, -0.05) is 54.6 Å². The molecule has 0 nitrogen and oxygen atoms in total. The average molecular weight is 729 g/mol. The molecule has 0 amide bonds. The van der Waals surface area contributed by atoms with Crippen molar-refractivity contribution in [3.8, 4) is 0 Å². The van der Waals surface area contributed by atoms with Crippen molar-refractivity contribution in [3.05, 3.63) is 64.9 Å². The van der Waals surface area contributed by atoms with Crippen LogP contribution in [0.4, 0.5) is 0 Å². The van der Waals surface area contributed by atoms with Crippen molar-refractivity contribution >= 4 is 79.6 Å². The first kappa shape index (κ1) is 25.5. The van der Waals surface area contributed by atoms with Gasteiger partial charge in [-0.2, -0.15) is 0 Å². The summed E-state index contributed by atoms with van der Waals surface area (Å²) in [5.74, 6) is 2.92. The quantitative estimate of drug-likeness (QED) is 0.275. The first-order chi connectivity index (χ1) is 14.4. The summed E-state index contributed by atoms with van der Waals surface area (Å²) >= 11 is 17.5. The van der Waals surface area contributed by atoms with E-state index in [-0.39, 0.29) is 0 Å². The normalized spacial score (nSPS) is 21.1. The lowest BCUT2D eigenvalue weighted by molar-refractivity contribution is 0.201. The van der Waals surface area contributed by atoms with Gasteiger partial charge in [0.2, 0.25) is 0 Å². The van der Waals surface area contributed by atoms with E-state index in [1.807, 2.05) is 6.07 Å². The van der Waals surface area contributed by atoms with E-state index in [9.17, 15) is 0 Å². The number of alkyl halides is 1. The Bertz CT molecular complexity index is 809. The van der Waals surface area contributed by atoms with Crippen LogP contribution in [0.2, 0.25) is 0 Å². The van der Waals surface area contributed by atoms with Gasteiger partial charge in [-0.15, -0.1) is 0 Å². The molecule has 2 aliphatic rings.